The lowest BCUT2D eigenvalue weighted by molar-refractivity contribution is -0.595. The molecule has 1 atom stereocenters. The quantitative estimate of drug-likeness (QED) is 0.363. The monoisotopic (exact) mass is 478 g/mol. The van der Waals surface area contributed by atoms with E-state index in [2.05, 4.69) is 56.2 Å². The van der Waals surface area contributed by atoms with Gasteiger partial charge in [0.15, 0.2) is 6.20 Å². The van der Waals surface area contributed by atoms with Crippen LogP contribution >= 0.6 is 11.6 Å². The number of aromatic nitrogens is 3. The zero-order valence-corrected chi connectivity index (χ0v) is 21.1. The van der Waals surface area contributed by atoms with Crippen molar-refractivity contribution in [1.82, 2.24) is 9.61 Å². The SMILES string of the molecule is Cc1cc(CCC(O)CCc2c[n+](-c3ccc(C(C)(C)C)cc3)cc3cc(=O)[nH]n23)ccc1Cl. The molecule has 2 N–H and O–H groups in total. The van der Waals surface area contributed by atoms with Gasteiger partial charge in [-0.3, -0.25) is 9.89 Å². The standard InChI is InChI=1S/C28H32ClN3O2/c1-19-15-20(6-14-26(19)29)5-12-25(33)13-11-23-17-31(18-24-16-27(34)30-32(23)24)22-9-7-21(8-10-22)28(2,3)4/h6-10,14-18,25,33H,5,11-13H2,1-4H3/p+1. The fourth-order valence-electron chi connectivity index (χ4n) is 4.25. The Bertz CT molecular complexity index is 1350. The molecule has 5 nitrogen and oxygen atoms in total. The van der Waals surface area contributed by atoms with Crippen molar-refractivity contribution in [3.05, 3.63) is 98.7 Å². The maximum atomic E-state index is 12.0. The molecule has 178 valence electrons. The highest BCUT2D eigenvalue weighted by molar-refractivity contribution is 6.31. The van der Waals surface area contributed by atoms with Gasteiger partial charge in [0, 0.05) is 23.2 Å². The van der Waals surface area contributed by atoms with Crippen LogP contribution in [0.2, 0.25) is 5.02 Å². The van der Waals surface area contributed by atoms with Crippen molar-refractivity contribution in [2.75, 3.05) is 0 Å². The number of hydrogen-bond acceptors (Lipinski definition) is 2. The maximum Gasteiger partial charge on any atom is 0.265 e. The van der Waals surface area contributed by atoms with Crippen LogP contribution in [0.25, 0.3) is 11.2 Å². The van der Waals surface area contributed by atoms with Gasteiger partial charge in [0.2, 0.25) is 11.9 Å². The molecule has 0 bridgehead atoms. The summed E-state index contributed by atoms with van der Waals surface area (Å²) in [5.41, 5.74) is 6.23. The van der Waals surface area contributed by atoms with Gasteiger partial charge in [-0.2, -0.15) is 4.57 Å². The number of rotatable bonds is 7. The van der Waals surface area contributed by atoms with E-state index in [1.54, 1.807) is 6.07 Å². The molecule has 0 fully saturated rings. The average molecular weight is 479 g/mol. The van der Waals surface area contributed by atoms with Crippen molar-refractivity contribution in [3.63, 3.8) is 0 Å². The molecule has 1 unspecified atom stereocenters. The number of aryl methyl sites for hydroxylation is 3. The van der Waals surface area contributed by atoms with Gasteiger partial charge >= 0.3 is 0 Å². The third-order valence-corrected chi connectivity index (χ3v) is 6.78. The van der Waals surface area contributed by atoms with E-state index in [4.69, 9.17) is 11.6 Å². The molecule has 2 heterocycles. The number of aliphatic hydroxyl groups excluding tert-OH is 1. The second kappa shape index (κ2) is 9.77. The number of benzene rings is 2. The van der Waals surface area contributed by atoms with Crippen molar-refractivity contribution in [1.29, 1.82) is 0 Å². The van der Waals surface area contributed by atoms with Crippen LogP contribution in [-0.4, -0.2) is 20.8 Å². The molecular weight excluding hydrogens is 446 g/mol. The van der Waals surface area contributed by atoms with Crippen LogP contribution in [0.5, 0.6) is 0 Å². The van der Waals surface area contributed by atoms with Crippen LogP contribution < -0.4 is 10.1 Å². The summed E-state index contributed by atoms with van der Waals surface area (Å²) in [6.07, 6.45) is 6.26. The van der Waals surface area contributed by atoms with Gasteiger partial charge in [-0.05, 0) is 60.8 Å². The number of nitrogens with zero attached hydrogens (tertiary/aromatic N) is 2. The second-order valence-corrected chi connectivity index (χ2v) is 10.6. The minimum atomic E-state index is -0.437. The average Bonchev–Trinajstić information content (AvgIpc) is 3.18. The molecule has 0 saturated carbocycles. The van der Waals surface area contributed by atoms with Crippen molar-refractivity contribution in [3.8, 4) is 5.69 Å². The summed E-state index contributed by atoms with van der Waals surface area (Å²) >= 11 is 6.12. The van der Waals surface area contributed by atoms with Crippen LogP contribution in [0, 0.1) is 6.92 Å². The summed E-state index contributed by atoms with van der Waals surface area (Å²) < 4.78 is 3.87. The second-order valence-electron chi connectivity index (χ2n) is 10.1. The lowest BCUT2D eigenvalue weighted by Gasteiger charge is -2.18. The number of H-pyrrole nitrogens is 1. The molecule has 0 spiro atoms. The molecule has 0 aliphatic carbocycles. The Labute approximate surface area is 205 Å². The van der Waals surface area contributed by atoms with E-state index in [-0.39, 0.29) is 11.0 Å². The van der Waals surface area contributed by atoms with Gasteiger partial charge in [-0.25, -0.2) is 4.52 Å². The van der Waals surface area contributed by atoms with E-state index in [0.29, 0.717) is 19.3 Å². The summed E-state index contributed by atoms with van der Waals surface area (Å²) in [7, 11) is 0. The van der Waals surface area contributed by atoms with Crippen LogP contribution in [0.3, 0.4) is 0 Å². The highest BCUT2D eigenvalue weighted by Gasteiger charge is 2.18. The molecule has 2 aromatic heterocycles. The summed E-state index contributed by atoms with van der Waals surface area (Å²) in [6.45, 7) is 8.59. The number of nitrogens with one attached hydrogen (secondary N) is 1. The number of hydrogen-bond donors (Lipinski definition) is 2. The molecule has 0 aliphatic heterocycles. The lowest BCUT2D eigenvalue weighted by Crippen LogP contribution is -2.32. The molecule has 34 heavy (non-hydrogen) atoms. The van der Waals surface area contributed by atoms with Crippen LogP contribution in [0.1, 0.15) is 56.0 Å². The Balaban J connectivity index is 1.51. The van der Waals surface area contributed by atoms with Gasteiger partial charge in [0.1, 0.15) is 11.2 Å². The van der Waals surface area contributed by atoms with Gasteiger partial charge in [-0.1, -0.05) is 56.6 Å². The van der Waals surface area contributed by atoms with E-state index in [0.717, 1.165) is 33.9 Å². The summed E-state index contributed by atoms with van der Waals surface area (Å²) in [6, 6.07) is 16.1. The van der Waals surface area contributed by atoms with Gasteiger partial charge in [0.25, 0.3) is 5.56 Å². The first-order valence-corrected chi connectivity index (χ1v) is 12.2. The summed E-state index contributed by atoms with van der Waals surface area (Å²) in [5.74, 6) is 0. The molecular formula is C28H33ClN3O2+. The predicted molar refractivity (Wildman–Crippen MR) is 137 cm³/mol. The Kier molecular flexibility index (Phi) is 6.96. The zero-order valence-electron chi connectivity index (χ0n) is 20.3. The normalized spacial score (nSPS) is 12.9. The van der Waals surface area contributed by atoms with Crippen LogP contribution in [0.15, 0.2) is 65.7 Å². The van der Waals surface area contributed by atoms with E-state index in [1.165, 1.54) is 11.1 Å². The van der Waals surface area contributed by atoms with Gasteiger partial charge in [-0.15, -0.1) is 0 Å². The number of fused-ring (bicyclic) bond motifs is 1. The first-order chi connectivity index (χ1) is 16.1. The smallest absolute Gasteiger partial charge is 0.265 e. The molecule has 6 heteroatoms. The summed E-state index contributed by atoms with van der Waals surface area (Å²) in [4.78, 5) is 12.0. The highest BCUT2D eigenvalue weighted by atomic mass is 35.5. The first-order valence-electron chi connectivity index (χ1n) is 11.8. The van der Waals surface area contributed by atoms with Crippen LogP contribution in [-0.2, 0) is 18.3 Å². The maximum absolute atomic E-state index is 12.0. The van der Waals surface area contributed by atoms with Crippen LogP contribution in [0.4, 0.5) is 0 Å². The van der Waals surface area contributed by atoms with E-state index < -0.39 is 6.10 Å². The Morgan fingerprint density at radius 1 is 1.03 bits per heavy atom. The molecule has 4 rings (SSSR count). The molecule has 4 aromatic rings. The fraction of sp³-hybridized carbons (Fsp3) is 0.357. The van der Waals surface area contributed by atoms with E-state index in [1.807, 2.05) is 40.5 Å². The van der Waals surface area contributed by atoms with Crippen molar-refractivity contribution in [2.45, 2.75) is 64.9 Å². The topological polar surface area (TPSA) is 61.4 Å². The van der Waals surface area contributed by atoms with Gasteiger partial charge in [0.05, 0.1) is 6.10 Å². The number of aliphatic hydroxyl groups is 1. The van der Waals surface area contributed by atoms with Gasteiger partial charge < -0.3 is 5.11 Å². The van der Waals surface area contributed by atoms with Crippen molar-refractivity contribution in [2.24, 2.45) is 0 Å². The number of aromatic amines is 1. The minimum Gasteiger partial charge on any atom is -0.393 e. The zero-order chi connectivity index (χ0) is 24.5. The van der Waals surface area contributed by atoms with E-state index >= 15 is 0 Å². The minimum absolute atomic E-state index is 0.0904. The molecule has 0 amide bonds. The highest BCUT2D eigenvalue weighted by Crippen LogP contribution is 2.22. The Hall–Kier alpha value is -2.89. The molecule has 0 saturated heterocycles. The predicted octanol–water partition coefficient (Wildman–Crippen LogP) is 5.09. The lowest BCUT2D eigenvalue weighted by atomic mass is 9.87. The Morgan fingerprint density at radius 3 is 2.41 bits per heavy atom. The Morgan fingerprint density at radius 2 is 1.74 bits per heavy atom. The molecule has 2 aromatic carbocycles. The first kappa shape index (κ1) is 24.2. The summed E-state index contributed by atoms with van der Waals surface area (Å²) in [5, 5.41) is 14.3. The number of halogens is 1. The van der Waals surface area contributed by atoms with E-state index in [9.17, 15) is 9.90 Å². The third kappa shape index (κ3) is 5.60. The van der Waals surface area contributed by atoms with Crippen molar-refractivity contribution < 1.29 is 9.67 Å². The molecule has 0 radical (unpaired) electrons. The third-order valence-electron chi connectivity index (χ3n) is 6.36. The molecule has 0 aliphatic rings. The largest absolute Gasteiger partial charge is 0.393 e. The van der Waals surface area contributed by atoms with Crippen molar-refractivity contribution >= 4 is 17.1 Å². The fourth-order valence-corrected chi connectivity index (χ4v) is 4.37.